The van der Waals surface area contributed by atoms with Crippen LogP contribution in [0.3, 0.4) is 0 Å². The largest absolute Gasteiger partial charge is 0.507 e. The second-order valence-corrected chi connectivity index (χ2v) is 7.43. The highest BCUT2D eigenvalue weighted by atomic mass is 16.3. The van der Waals surface area contributed by atoms with Crippen LogP contribution >= 0.6 is 0 Å². The Kier molecular flexibility index (Phi) is 6.41. The Balaban J connectivity index is 2.16. The van der Waals surface area contributed by atoms with Crippen molar-refractivity contribution in [3.05, 3.63) is 28.8 Å². The van der Waals surface area contributed by atoms with E-state index < -0.39 is 0 Å². The van der Waals surface area contributed by atoms with E-state index in [0.29, 0.717) is 17.4 Å². The second kappa shape index (κ2) is 8.32. The van der Waals surface area contributed by atoms with E-state index >= 15 is 0 Å². The molecule has 0 radical (unpaired) electrons. The number of hydrogen-bond acceptors (Lipinski definition) is 3. The summed E-state index contributed by atoms with van der Waals surface area (Å²) in [5.41, 5.74) is 4.76. The van der Waals surface area contributed by atoms with Gasteiger partial charge in [-0.25, -0.2) is 5.43 Å². The van der Waals surface area contributed by atoms with Crippen LogP contribution in [0.25, 0.3) is 0 Å². The van der Waals surface area contributed by atoms with Crippen molar-refractivity contribution < 1.29 is 9.90 Å². The molecule has 2 N–H and O–H groups in total. The summed E-state index contributed by atoms with van der Waals surface area (Å²) in [6.07, 6.45) is 7.91. The van der Waals surface area contributed by atoms with Crippen molar-refractivity contribution in [1.29, 1.82) is 0 Å². The highest BCUT2D eigenvalue weighted by molar-refractivity contribution is 5.97. The van der Waals surface area contributed by atoms with Crippen LogP contribution in [-0.4, -0.2) is 17.2 Å². The molecule has 1 amide bonds. The van der Waals surface area contributed by atoms with Gasteiger partial charge in [-0.2, -0.15) is 5.10 Å². The van der Waals surface area contributed by atoms with Gasteiger partial charge in [0.1, 0.15) is 5.75 Å². The highest BCUT2D eigenvalue weighted by Crippen LogP contribution is 2.33. The average Bonchev–Trinajstić information content (AvgIpc) is 2.55. The van der Waals surface area contributed by atoms with Crippen LogP contribution in [0.4, 0.5) is 0 Å². The van der Waals surface area contributed by atoms with Crippen LogP contribution in [0.1, 0.15) is 93.1 Å². The van der Waals surface area contributed by atoms with E-state index in [2.05, 4.69) is 24.4 Å². The quantitative estimate of drug-likeness (QED) is 0.593. The lowest BCUT2D eigenvalue weighted by atomic mass is 9.90. The average molecular weight is 330 g/mol. The van der Waals surface area contributed by atoms with Gasteiger partial charge in [-0.3, -0.25) is 4.79 Å². The number of nitrogens with zero attached hydrogens (tertiary/aromatic N) is 1. The number of carbonyl (C=O) groups excluding carboxylic acids is 1. The van der Waals surface area contributed by atoms with Crippen molar-refractivity contribution in [2.75, 3.05) is 0 Å². The third-order valence-corrected chi connectivity index (χ3v) is 4.80. The van der Waals surface area contributed by atoms with Crippen molar-refractivity contribution in [3.63, 3.8) is 0 Å². The monoisotopic (exact) mass is 330 g/mol. The van der Waals surface area contributed by atoms with E-state index in [9.17, 15) is 9.90 Å². The molecule has 4 nitrogen and oxygen atoms in total. The van der Waals surface area contributed by atoms with Crippen LogP contribution < -0.4 is 5.43 Å². The first-order chi connectivity index (χ1) is 11.4. The van der Waals surface area contributed by atoms with E-state index in [1.807, 2.05) is 26.1 Å². The zero-order chi connectivity index (χ0) is 17.7. The molecule has 132 valence electrons. The number of carbonyl (C=O) groups is 1. The summed E-state index contributed by atoms with van der Waals surface area (Å²) in [5, 5.41) is 14.6. The zero-order valence-electron chi connectivity index (χ0n) is 15.3. The molecule has 0 bridgehead atoms. The van der Waals surface area contributed by atoms with Gasteiger partial charge in [0.25, 0.3) is 5.91 Å². The third-order valence-electron chi connectivity index (χ3n) is 4.80. The fraction of sp³-hybridized carbons (Fsp3) is 0.600. The molecule has 1 aromatic carbocycles. The van der Waals surface area contributed by atoms with E-state index in [4.69, 9.17) is 0 Å². The summed E-state index contributed by atoms with van der Waals surface area (Å²) < 4.78 is 0. The first-order valence-electron chi connectivity index (χ1n) is 9.10. The minimum atomic E-state index is -0.344. The molecule has 0 aliphatic heterocycles. The summed E-state index contributed by atoms with van der Waals surface area (Å²) in [7, 11) is 0. The second-order valence-electron chi connectivity index (χ2n) is 7.43. The molecule has 1 aliphatic carbocycles. The molecule has 0 unspecified atom stereocenters. The number of amides is 1. The Morgan fingerprint density at radius 1 is 1.17 bits per heavy atom. The van der Waals surface area contributed by atoms with Crippen molar-refractivity contribution in [2.24, 2.45) is 11.0 Å². The van der Waals surface area contributed by atoms with Crippen molar-refractivity contribution >= 4 is 12.1 Å². The first kappa shape index (κ1) is 18.5. The lowest BCUT2D eigenvalue weighted by Crippen LogP contribution is -2.20. The summed E-state index contributed by atoms with van der Waals surface area (Å²) in [5.74, 6) is 0.631. The summed E-state index contributed by atoms with van der Waals surface area (Å²) in [6, 6.07) is 3.77. The molecule has 1 aliphatic rings. The minimum absolute atomic E-state index is 0.0692. The molecule has 0 atom stereocenters. The molecular weight excluding hydrogens is 300 g/mol. The van der Waals surface area contributed by atoms with Crippen molar-refractivity contribution in [1.82, 2.24) is 5.43 Å². The van der Waals surface area contributed by atoms with Crippen LogP contribution in [0.5, 0.6) is 5.75 Å². The standard InChI is InChI=1S/C20H30N2O2/c1-13(2)16-10-17(14(3)4)19(23)18(11-16)20(24)22-21-12-15-8-6-5-7-9-15/h10-15,23H,5-9H2,1-4H3,(H,22,24)/b21-12-. The number of hydrazone groups is 1. The Bertz CT molecular complexity index is 600. The summed E-state index contributed by atoms with van der Waals surface area (Å²) >= 11 is 0. The zero-order valence-corrected chi connectivity index (χ0v) is 15.3. The number of nitrogens with one attached hydrogen (secondary N) is 1. The van der Waals surface area contributed by atoms with E-state index in [-0.39, 0.29) is 17.6 Å². The molecule has 0 aromatic heterocycles. The predicted molar refractivity (Wildman–Crippen MR) is 98.8 cm³/mol. The number of aromatic hydroxyl groups is 1. The van der Waals surface area contributed by atoms with Gasteiger partial charge in [-0.1, -0.05) is 53.0 Å². The normalized spacial score (nSPS) is 16.2. The SMILES string of the molecule is CC(C)c1cc(C(=O)N/N=C\C2CCCCC2)c(O)c(C(C)C)c1. The molecule has 4 heteroatoms. The summed E-state index contributed by atoms with van der Waals surface area (Å²) in [4.78, 5) is 12.5. The van der Waals surface area contributed by atoms with E-state index in [1.54, 1.807) is 6.07 Å². The molecule has 1 saturated carbocycles. The van der Waals surface area contributed by atoms with Gasteiger partial charge >= 0.3 is 0 Å². The number of phenolic OH excluding ortho intramolecular Hbond substituents is 1. The molecule has 0 saturated heterocycles. The Morgan fingerprint density at radius 2 is 1.83 bits per heavy atom. The summed E-state index contributed by atoms with van der Waals surface area (Å²) in [6.45, 7) is 8.20. The maximum absolute atomic E-state index is 12.5. The topological polar surface area (TPSA) is 61.7 Å². The Labute approximate surface area is 145 Å². The van der Waals surface area contributed by atoms with Gasteiger partial charge in [0.05, 0.1) is 5.56 Å². The number of rotatable bonds is 5. The lowest BCUT2D eigenvalue weighted by molar-refractivity contribution is 0.0952. The number of hydrogen-bond donors (Lipinski definition) is 2. The van der Waals surface area contributed by atoms with Gasteiger partial charge in [0.2, 0.25) is 0 Å². The van der Waals surface area contributed by atoms with Gasteiger partial charge in [-0.15, -0.1) is 0 Å². The Hall–Kier alpha value is -1.84. The maximum Gasteiger partial charge on any atom is 0.275 e. The van der Waals surface area contributed by atoms with Gasteiger partial charge < -0.3 is 5.11 Å². The number of phenols is 1. The highest BCUT2D eigenvalue weighted by Gasteiger charge is 2.19. The van der Waals surface area contributed by atoms with E-state index in [0.717, 1.165) is 24.0 Å². The lowest BCUT2D eigenvalue weighted by Gasteiger charge is -2.17. The molecule has 0 heterocycles. The Morgan fingerprint density at radius 3 is 2.42 bits per heavy atom. The fourth-order valence-electron chi connectivity index (χ4n) is 3.17. The van der Waals surface area contributed by atoms with Crippen molar-refractivity contribution in [3.8, 4) is 5.75 Å². The van der Waals surface area contributed by atoms with Crippen LogP contribution in [-0.2, 0) is 0 Å². The minimum Gasteiger partial charge on any atom is -0.507 e. The van der Waals surface area contributed by atoms with Gasteiger partial charge in [-0.05, 0) is 47.8 Å². The molecule has 1 aromatic rings. The first-order valence-corrected chi connectivity index (χ1v) is 9.10. The van der Waals surface area contributed by atoms with Gasteiger partial charge in [0.15, 0.2) is 0 Å². The molecular formula is C20H30N2O2. The van der Waals surface area contributed by atoms with Gasteiger partial charge in [0, 0.05) is 6.21 Å². The maximum atomic E-state index is 12.5. The fourth-order valence-corrected chi connectivity index (χ4v) is 3.17. The predicted octanol–water partition coefficient (Wildman–Crippen LogP) is 4.93. The van der Waals surface area contributed by atoms with E-state index in [1.165, 1.54) is 19.3 Å². The van der Waals surface area contributed by atoms with Crippen LogP contribution in [0, 0.1) is 5.92 Å². The molecule has 0 spiro atoms. The number of benzene rings is 1. The van der Waals surface area contributed by atoms with Crippen LogP contribution in [0.15, 0.2) is 17.2 Å². The molecule has 2 rings (SSSR count). The molecule has 1 fully saturated rings. The third kappa shape index (κ3) is 4.59. The smallest absolute Gasteiger partial charge is 0.275 e. The molecule has 24 heavy (non-hydrogen) atoms. The van der Waals surface area contributed by atoms with Crippen molar-refractivity contribution in [2.45, 2.75) is 71.6 Å². The van der Waals surface area contributed by atoms with Crippen LogP contribution in [0.2, 0.25) is 0 Å².